The number of aliphatic hydroxyl groups excluding tert-OH is 1. The molecule has 28 heavy (non-hydrogen) atoms. The Bertz CT molecular complexity index is 686. The van der Waals surface area contributed by atoms with E-state index in [4.69, 9.17) is 19.2 Å². The van der Waals surface area contributed by atoms with Gasteiger partial charge in [-0.3, -0.25) is 0 Å². The molecule has 7 nitrogen and oxygen atoms in total. The summed E-state index contributed by atoms with van der Waals surface area (Å²) in [6, 6.07) is 4.11. The number of ether oxygens (including phenoxy) is 3. The van der Waals surface area contributed by atoms with Gasteiger partial charge in [-0.15, -0.1) is 0 Å². The summed E-state index contributed by atoms with van der Waals surface area (Å²) in [6.45, 7) is 7.71. The van der Waals surface area contributed by atoms with Crippen molar-refractivity contribution in [2.24, 2.45) is 10.4 Å². The second kappa shape index (κ2) is 9.47. The summed E-state index contributed by atoms with van der Waals surface area (Å²) in [5.74, 6) is 2.53. The van der Waals surface area contributed by atoms with E-state index in [1.165, 1.54) is 5.56 Å². The normalized spacial score (nSPS) is 24.0. The van der Waals surface area contributed by atoms with Crippen LogP contribution in [-0.4, -0.2) is 57.2 Å². The number of hydrogen-bond donors (Lipinski definition) is 3. The van der Waals surface area contributed by atoms with E-state index in [1.807, 2.05) is 13.0 Å². The average Bonchev–Trinajstić information content (AvgIpc) is 3.29. The van der Waals surface area contributed by atoms with E-state index in [2.05, 4.69) is 23.6 Å². The Kier molecular flexibility index (Phi) is 7.02. The molecule has 1 saturated heterocycles. The lowest BCUT2D eigenvalue weighted by atomic mass is 9.84. The van der Waals surface area contributed by atoms with Gasteiger partial charge in [0.1, 0.15) is 17.6 Å². The molecule has 2 heterocycles. The molecule has 2 atom stereocenters. The second-order valence-electron chi connectivity index (χ2n) is 7.73. The van der Waals surface area contributed by atoms with Crippen molar-refractivity contribution in [3.63, 3.8) is 0 Å². The van der Waals surface area contributed by atoms with Crippen molar-refractivity contribution in [1.29, 1.82) is 0 Å². The maximum absolute atomic E-state index is 9.41. The maximum Gasteiger partial charge on any atom is 0.191 e. The molecule has 1 aromatic rings. The van der Waals surface area contributed by atoms with Crippen LogP contribution in [0.25, 0.3) is 0 Å². The number of nitrogens with one attached hydrogen (secondary N) is 2. The molecule has 2 aliphatic rings. The molecule has 0 spiro atoms. The highest BCUT2D eigenvalue weighted by molar-refractivity contribution is 5.79. The molecule has 0 aromatic heterocycles. The number of benzene rings is 1. The zero-order chi connectivity index (χ0) is 20.0. The zero-order valence-corrected chi connectivity index (χ0v) is 17.2. The Morgan fingerprint density at radius 1 is 1.39 bits per heavy atom. The van der Waals surface area contributed by atoms with E-state index in [-0.39, 0.29) is 18.1 Å². The van der Waals surface area contributed by atoms with E-state index in [0.29, 0.717) is 13.2 Å². The molecule has 3 N–H and O–H groups in total. The fourth-order valence-corrected chi connectivity index (χ4v) is 3.88. The molecule has 1 aromatic carbocycles. The Hall–Kier alpha value is -1.99. The van der Waals surface area contributed by atoms with Crippen LogP contribution in [-0.2, 0) is 17.7 Å². The van der Waals surface area contributed by atoms with Gasteiger partial charge in [-0.1, -0.05) is 0 Å². The zero-order valence-electron chi connectivity index (χ0n) is 17.2. The fourth-order valence-electron chi connectivity index (χ4n) is 3.88. The molecule has 2 unspecified atom stereocenters. The highest BCUT2D eigenvalue weighted by Gasteiger charge is 2.34. The van der Waals surface area contributed by atoms with E-state index >= 15 is 0 Å². The highest BCUT2D eigenvalue weighted by atomic mass is 16.5. The molecule has 3 rings (SSSR count). The molecule has 1 fully saturated rings. The van der Waals surface area contributed by atoms with Crippen molar-refractivity contribution < 1.29 is 19.3 Å². The topological polar surface area (TPSA) is 84.3 Å². The minimum atomic E-state index is -0.0276. The molecular formula is C21H33N3O4. The number of hydrogen-bond acceptors (Lipinski definition) is 5. The summed E-state index contributed by atoms with van der Waals surface area (Å²) in [5.41, 5.74) is 2.16. The van der Waals surface area contributed by atoms with Crippen molar-refractivity contribution in [3.05, 3.63) is 23.3 Å². The van der Waals surface area contributed by atoms with Crippen LogP contribution < -0.4 is 20.1 Å². The minimum absolute atomic E-state index is 0.0276. The number of aliphatic imine (C=N–C) groups is 1. The lowest BCUT2D eigenvalue weighted by molar-refractivity contribution is 0.127. The lowest BCUT2D eigenvalue weighted by Gasteiger charge is -2.27. The van der Waals surface area contributed by atoms with Crippen LogP contribution in [0.2, 0.25) is 0 Å². The Morgan fingerprint density at radius 3 is 2.93 bits per heavy atom. The van der Waals surface area contributed by atoms with Crippen LogP contribution in [0.1, 0.15) is 37.8 Å². The summed E-state index contributed by atoms with van der Waals surface area (Å²) in [5, 5.41) is 16.1. The van der Waals surface area contributed by atoms with Gasteiger partial charge in [-0.05, 0) is 38.8 Å². The van der Waals surface area contributed by atoms with Crippen LogP contribution in [0.5, 0.6) is 11.5 Å². The van der Waals surface area contributed by atoms with Crippen molar-refractivity contribution in [2.75, 3.05) is 40.0 Å². The van der Waals surface area contributed by atoms with Gasteiger partial charge in [-0.2, -0.15) is 0 Å². The predicted molar refractivity (Wildman–Crippen MR) is 109 cm³/mol. The highest BCUT2D eigenvalue weighted by Crippen LogP contribution is 2.35. The van der Waals surface area contributed by atoms with Gasteiger partial charge in [0.25, 0.3) is 0 Å². The number of fused-ring (bicyclic) bond motifs is 1. The maximum atomic E-state index is 9.41. The molecular weight excluding hydrogens is 358 g/mol. The number of guanidine groups is 1. The van der Waals surface area contributed by atoms with Gasteiger partial charge < -0.3 is 30.0 Å². The Labute approximate surface area is 167 Å². The van der Waals surface area contributed by atoms with Crippen molar-refractivity contribution >= 4 is 5.96 Å². The van der Waals surface area contributed by atoms with E-state index in [1.54, 1.807) is 7.11 Å². The summed E-state index contributed by atoms with van der Waals surface area (Å²) < 4.78 is 17.0. The van der Waals surface area contributed by atoms with Gasteiger partial charge in [0, 0.05) is 49.3 Å². The SMILES string of the molecule is CCNC(=NCc1cc2c(cc1OC)CC(C)O2)NCC1(CCO)CCOC1. The van der Waals surface area contributed by atoms with Gasteiger partial charge >= 0.3 is 0 Å². The third kappa shape index (κ3) is 4.89. The van der Waals surface area contributed by atoms with Crippen LogP contribution >= 0.6 is 0 Å². The summed E-state index contributed by atoms with van der Waals surface area (Å²) in [7, 11) is 1.69. The van der Waals surface area contributed by atoms with Gasteiger partial charge in [0.15, 0.2) is 5.96 Å². The first kappa shape index (κ1) is 20.7. The van der Waals surface area contributed by atoms with Gasteiger partial charge in [-0.25, -0.2) is 4.99 Å². The molecule has 7 heteroatoms. The smallest absolute Gasteiger partial charge is 0.191 e. The minimum Gasteiger partial charge on any atom is -0.496 e. The van der Waals surface area contributed by atoms with Crippen LogP contribution in [0, 0.1) is 5.41 Å². The number of methoxy groups -OCH3 is 1. The van der Waals surface area contributed by atoms with Crippen molar-refractivity contribution in [1.82, 2.24) is 10.6 Å². The molecule has 0 saturated carbocycles. The fraction of sp³-hybridized carbons (Fsp3) is 0.667. The summed E-state index contributed by atoms with van der Waals surface area (Å²) in [6.07, 6.45) is 2.80. The van der Waals surface area contributed by atoms with Crippen LogP contribution in [0.3, 0.4) is 0 Å². The van der Waals surface area contributed by atoms with E-state index in [0.717, 1.165) is 62.0 Å². The number of aliphatic hydroxyl groups is 1. The third-order valence-electron chi connectivity index (χ3n) is 5.51. The number of nitrogens with zero attached hydrogens (tertiary/aromatic N) is 1. The molecule has 0 aliphatic carbocycles. The molecule has 0 radical (unpaired) electrons. The standard InChI is InChI=1S/C21H33N3O4/c1-4-22-20(24-13-21(5-7-25)6-8-27-14-21)23-12-17-11-19-16(9-15(2)28-19)10-18(17)26-3/h10-11,15,25H,4-9,12-14H2,1-3H3,(H2,22,23,24). The first-order chi connectivity index (χ1) is 13.6. The summed E-state index contributed by atoms with van der Waals surface area (Å²) >= 11 is 0. The third-order valence-corrected chi connectivity index (χ3v) is 5.51. The number of rotatable bonds is 8. The van der Waals surface area contributed by atoms with Crippen molar-refractivity contribution in [2.45, 2.75) is 45.8 Å². The Balaban J connectivity index is 1.70. The second-order valence-corrected chi connectivity index (χ2v) is 7.73. The lowest BCUT2D eigenvalue weighted by Crippen LogP contribution is -2.44. The first-order valence-electron chi connectivity index (χ1n) is 10.2. The van der Waals surface area contributed by atoms with Gasteiger partial charge in [0.2, 0.25) is 0 Å². The quantitative estimate of drug-likeness (QED) is 0.463. The predicted octanol–water partition coefficient (Wildman–Crippen LogP) is 1.86. The average molecular weight is 392 g/mol. The largest absolute Gasteiger partial charge is 0.496 e. The Morgan fingerprint density at radius 2 is 2.25 bits per heavy atom. The van der Waals surface area contributed by atoms with Gasteiger partial charge in [0.05, 0.1) is 20.3 Å². The van der Waals surface area contributed by atoms with E-state index < -0.39 is 0 Å². The van der Waals surface area contributed by atoms with Crippen LogP contribution in [0.4, 0.5) is 0 Å². The van der Waals surface area contributed by atoms with Crippen molar-refractivity contribution in [3.8, 4) is 11.5 Å². The first-order valence-corrected chi connectivity index (χ1v) is 10.2. The molecule has 156 valence electrons. The molecule has 0 bridgehead atoms. The molecule has 0 amide bonds. The summed E-state index contributed by atoms with van der Waals surface area (Å²) in [4.78, 5) is 4.74. The monoisotopic (exact) mass is 391 g/mol. The van der Waals surface area contributed by atoms with E-state index in [9.17, 15) is 5.11 Å². The molecule has 2 aliphatic heterocycles. The van der Waals surface area contributed by atoms with Crippen LogP contribution in [0.15, 0.2) is 17.1 Å².